The van der Waals surface area contributed by atoms with Crippen LogP contribution in [0.4, 0.5) is 5.69 Å². The molecule has 1 aliphatic rings. The molecule has 25 heavy (non-hydrogen) atoms. The van der Waals surface area contributed by atoms with Crippen molar-refractivity contribution in [3.63, 3.8) is 0 Å². The fourth-order valence-corrected chi connectivity index (χ4v) is 3.25. The summed E-state index contributed by atoms with van der Waals surface area (Å²) in [4.78, 5) is 22.8. The summed E-state index contributed by atoms with van der Waals surface area (Å²) in [6.07, 6.45) is 3.75. The summed E-state index contributed by atoms with van der Waals surface area (Å²) in [6, 6.07) is 9.82. The van der Waals surface area contributed by atoms with Crippen LogP contribution in [0.2, 0.25) is 0 Å². The number of carbonyl (C=O) groups excluding carboxylic acids is 1. The van der Waals surface area contributed by atoms with Gasteiger partial charge in [0, 0.05) is 36.6 Å². The Morgan fingerprint density at radius 2 is 1.84 bits per heavy atom. The van der Waals surface area contributed by atoms with Crippen LogP contribution in [-0.4, -0.2) is 27.6 Å². The molecule has 6 heteroatoms. The molecule has 1 aromatic carbocycles. The molecule has 4 rings (SSSR count). The molecule has 0 radical (unpaired) electrons. The van der Waals surface area contributed by atoms with E-state index >= 15 is 0 Å². The third-order valence-corrected chi connectivity index (χ3v) is 4.37. The Bertz CT molecular complexity index is 900. The fraction of sp³-hybridized carbons (Fsp3) is 0.263. The van der Waals surface area contributed by atoms with Gasteiger partial charge in [-0.25, -0.2) is 0 Å². The predicted octanol–water partition coefficient (Wildman–Crippen LogP) is 3.27. The zero-order valence-corrected chi connectivity index (χ0v) is 14.1. The fourth-order valence-electron chi connectivity index (χ4n) is 3.25. The summed E-state index contributed by atoms with van der Waals surface area (Å²) in [7, 11) is 0. The van der Waals surface area contributed by atoms with Gasteiger partial charge in [-0.2, -0.15) is 4.98 Å². The first kappa shape index (κ1) is 15.5. The summed E-state index contributed by atoms with van der Waals surface area (Å²) in [5.74, 6) is 1.02. The molecule has 1 aliphatic heterocycles. The minimum absolute atomic E-state index is 0.0821. The van der Waals surface area contributed by atoms with E-state index in [0.29, 0.717) is 24.7 Å². The number of aryl methyl sites for hydroxylation is 2. The normalized spacial score (nSPS) is 17.3. The molecule has 0 spiro atoms. The molecule has 1 saturated heterocycles. The van der Waals surface area contributed by atoms with Gasteiger partial charge in [-0.15, -0.1) is 0 Å². The van der Waals surface area contributed by atoms with Gasteiger partial charge in [-0.3, -0.25) is 9.78 Å². The van der Waals surface area contributed by atoms with E-state index in [9.17, 15) is 4.79 Å². The number of aromatic nitrogens is 3. The van der Waals surface area contributed by atoms with Gasteiger partial charge in [0.1, 0.15) is 0 Å². The number of amides is 1. The van der Waals surface area contributed by atoms with Gasteiger partial charge in [0.15, 0.2) is 0 Å². The molecule has 1 unspecified atom stereocenters. The summed E-state index contributed by atoms with van der Waals surface area (Å²) < 4.78 is 5.42. The largest absolute Gasteiger partial charge is 0.339 e. The number of rotatable bonds is 3. The maximum Gasteiger partial charge on any atom is 0.232 e. The van der Waals surface area contributed by atoms with Crippen LogP contribution in [0, 0.1) is 13.8 Å². The Morgan fingerprint density at radius 1 is 1.12 bits per heavy atom. The first-order valence-electron chi connectivity index (χ1n) is 8.23. The number of pyridine rings is 1. The minimum Gasteiger partial charge on any atom is -0.339 e. The average Bonchev–Trinajstić information content (AvgIpc) is 3.21. The Labute approximate surface area is 145 Å². The number of benzene rings is 1. The second-order valence-corrected chi connectivity index (χ2v) is 6.44. The Hall–Kier alpha value is -3.02. The van der Waals surface area contributed by atoms with Gasteiger partial charge >= 0.3 is 0 Å². The lowest BCUT2D eigenvalue weighted by atomic mass is 10.1. The SMILES string of the molecule is Cc1cc(C)cc(N2CC(c3nc(-c4ccncc4)no3)CC2=O)c1. The van der Waals surface area contributed by atoms with E-state index in [1.54, 1.807) is 17.3 Å². The smallest absolute Gasteiger partial charge is 0.232 e. The number of carbonyl (C=O) groups is 1. The van der Waals surface area contributed by atoms with Crippen molar-refractivity contribution >= 4 is 11.6 Å². The van der Waals surface area contributed by atoms with Crippen LogP contribution < -0.4 is 4.90 Å². The lowest BCUT2D eigenvalue weighted by Crippen LogP contribution is -2.24. The summed E-state index contributed by atoms with van der Waals surface area (Å²) in [5.41, 5.74) is 4.06. The van der Waals surface area contributed by atoms with E-state index in [0.717, 1.165) is 22.4 Å². The third kappa shape index (κ3) is 3.03. The molecule has 2 aromatic heterocycles. The molecule has 1 fully saturated rings. The lowest BCUT2D eigenvalue weighted by molar-refractivity contribution is -0.117. The minimum atomic E-state index is -0.0867. The van der Waals surface area contributed by atoms with Crippen molar-refractivity contribution < 1.29 is 9.32 Å². The van der Waals surface area contributed by atoms with Crippen molar-refractivity contribution in [2.24, 2.45) is 0 Å². The predicted molar refractivity (Wildman–Crippen MR) is 93.2 cm³/mol. The lowest BCUT2D eigenvalue weighted by Gasteiger charge is -2.17. The standard InChI is InChI=1S/C19H18N4O2/c1-12-7-13(2)9-16(8-12)23-11-15(10-17(23)24)19-21-18(22-25-19)14-3-5-20-6-4-14/h3-9,15H,10-11H2,1-2H3. The maximum absolute atomic E-state index is 12.5. The molecule has 1 atom stereocenters. The van der Waals surface area contributed by atoms with E-state index in [1.165, 1.54) is 0 Å². The van der Waals surface area contributed by atoms with Crippen molar-refractivity contribution in [1.82, 2.24) is 15.1 Å². The van der Waals surface area contributed by atoms with Gasteiger partial charge in [0.05, 0.1) is 5.92 Å². The van der Waals surface area contributed by atoms with Gasteiger partial charge in [-0.05, 0) is 49.2 Å². The molecule has 6 nitrogen and oxygen atoms in total. The Kier molecular flexibility index (Phi) is 3.80. The molecule has 0 bridgehead atoms. The number of hydrogen-bond acceptors (Lipinski definition) is 5. The molecule has 0 saturated carbocycles. The highest BCUT2D eigenvalue weighted by Crippen LogP contribution is 2.32. The molecule has 0 N–H and O–H groups in total. The van der Waals surface area contributed by atoms with Crippen molar-refractivity contribution in [2.75, 3.05) is 11.4 Å². The van der Waals surface area contributed by atoms with Crippen LogP contribution >= 0.6 is 0 Å². The molecule has 1 amide bonds. The van der Waals surface area contributed by atoms with Gasteiger partial charge in [-0.1, -0.05) is 11.2 Å². The summed E-state index contributed by atoms with van der Waals surface area (Å²) in [6.45, 7) is 4.63. The van der Waals surface area contributed by atoms with Crippen molar-refractivity contribution in [3.05, 3.63) is 59.7 Å². The van der Waals surface area contributed by atoms with Gasteiger partial charge in [0.2, 0.25) is 17.6 Å². The van der Waals surface area contributed by atoms with Crippen LogP contribution in [0.25, 0.3) is 11.4 Å². The zero-order valence-electron chi connectivity index (χ0n) is 14.1. The second kappa shape index (κ2) is 6.12. The Balaban J connectivity index is 1.57. The van der Waals surface area contributed by atoms with E-state index in [2.05, 4.69) is 21.2 Å². The van der Waals surface area contributed by atoms with E-state index in [-0.39, 0.29) is 11.8 Å². The molecular weight excluding hydrogens is 316 g/mol. The van der Waals surface area contributed by atoms with E-state index in [1.807, 2.05) is 38.1 Å². The summed E-state index contributed by atoms with van der Waals surface area (Å²) >= 11 is 0. The van der Waals surface area contributed by atoms with E-state index in [4.69, 9.17) is 4.52 Å². The highest BCUT2D eigenvalue weighted by Gasteiger charge is 2.35. The quantitative estimate of drug-likeness (QED) is 0.735. The van der Waals surface area contributed by atoms with Crippen molar-refractivity contribution in [1.29, 1.82) is 0 Å². The second-order valence-electron chi connectivity index (χ2n) is 6.44. The van der Waals surface area contributed by atoms with Crippen LogP contribution in [-0.2, 0) is 4.79 Å². The van der Waals surface area contributed by atoms with Crippen LogP contribution in [0.1, 0.15) is 29.4 Å². The highest BCUT2D eigenvalue weighted by atomic mass is 16.5. The van der Waals surface area contributed by atoms with Gasteiger partial charge < -0.3 is 9.42 Å². The number of nitrogens with zero attached hydrogens (tertiary/aromatic N) is 4. The van der Waals surface area contributed by atoms with Crippen LogP contribution in [0.15, 0.2) is 47.2 Å². The zero-order chi connectivity index (χ0) is 17.4. The number of anilines is 1. The topological polar surface area (TPSA) is 72.1 Å². The average molecular weight is 334 g/mol. The first-order valence-corrected chi connectivity index (χ1v) is 8.23. The maximum atomic E-state index is 12.5. The Morgan fingerprint density at radius 3 is 2.56 bits per heavy atom. The molecule has 3 aromatic rings. The van der Waals surface area contributed by atoms with Crippen LogP contribution in [0.5, 0.6) is 0 Å². The van der Waals surface area contributed by atoms with Crippen molar-refractivity contribution in [3.8, 4) is 11.4 Å². The highest BCUT2D eigenvalue weighted by molar-refractivity contribution is 5.96. The monoisotopic (exact) mass is 334 g/mol. The summed E-state index contributed by atoms with van der Waals surface area (Å²) in [5, 5.41) is 4.04. The van der Waals surface area contributed by atoms with Crippen LogP contribution in [0.3, 0.4) is 0 Å². The molecule has 0 aliphatic carbocycles. The van der Waals surface area contributed by atoms with Gasteiger partial charge in [0.25, 0.3) is 0 Å². The number of hydrogen-bond donors (Lipinski definition) is 0. The first-order chi connectivity index (χ1) is 12.1. The third-order valence-electron chi connectivity index (χ3n) is 4.37. The molecular formula is C19H18N4O2. The molecule has 126 valence electrons. The molecule has 3 heterocycles. The van der Waals surface area contributed by atoms with Crippen molar-refractivity contribution in [2.45, 2.75) is 26.2 Å². The van der Waals surface area contributed by atoms with E-state index < -0.39 is 0 Å².